The maximum absolute atomic E-state index is 13.7. The van der Waals surface area contributed by atoms with Gasteiger partial charge in [-0.25, -0.2) is 0 Å². The van der Waals surface area contributed by atoms with Crippen LogP contribution in [0.3, 0.4) is 0 Å². The minimum Gasteiger partial charge on any atom is -0.476 e. The fourth-order valence-corrected chi connectivity index (χ4v) is 9.77. The van der Waals surface area contributed by atoms with Gasteiger partial charge in [-0.15, -0.1) is 0 Å². The van der Waals surface area contributed by atoms with Gasteiger partial charge in [0, 0.05) is 74.7 Å². The Labute approximate surface area is 373 Å². The molecule has 2 saturated carbocycles. The fourth-order valence-electron chi connectivity index (χ4n) is 9.28. The zero-order valence-corrected chi connectivity index (χ0v) is 40.0. The van der Waals surface area contributed by atoms with Gasteiger partial charge in [0.15, 0.2) is 11.2 Å². The lowest BCUT2D eigenvalue weighted by atomic mass is 9.92. The Balaban J connectivity index is 0.000000231. The van der Waals surface area contributed by atoms with E-state index in [4.69, 9.17) is 18.9 Å². The molecule has 0 spiro atoms. The van der Waals surface area contributed by atoms with Crippen LogP contribution in [0, 0.1) is 0 Å². The molecule has 0 radical (unpaired) electrons. The molecule has 2 fully saturated rings. The smallest absolute Gasteiger partial charge is 0.270 e. The molecule has 0 bridgehead atoms. The number of carbonyl (C=O) groups excluding carboxylic acids is 4. The molecule has 4 aliphatic rings. The molecule has 0 aromatic heterocycles. The van der Waals surface area contributed by atoms with Crippen LogP contribution in [0.5, 0.6) is 11.5 Å². The summed E-state index contributed by atoms with van der Waals surface area (Å²) in [7, 11) is 3.31. The number of nitrogens with zero attached hydrogens (tertiary/aromatic N) is 4. The zero-order valence-electron chi connectivity index (χ0n) is 38.4. The van der Waals surface area contributed by atoms with E-state index in [1.54, 1.807) is 51.7 Å². The number of ether oxygens (including phenoxy) is 4. The number of hydrogen-bond acceptors (Lipinski definition) is 8. The van der Waals surface area contributed by atoms with Crippen LogP contribution in [0.15, 0.2) is 34.8 Å². The monoisotopic (exact) mass is 910 g/mol. The summed E-state index contributed by atoms with van der Waals surface area (Å²) in [6.07, 6.45) is 12.8. The van der Waals surface area contributed by atoms with Crippen LogP contribution in [0.2, 0.25) is 0 Å². The van der Waals surface area contributed by atoms with Crippen molar-refractivity contribution < 1.29 is 38.1 Å². The van der Waals surface area contributed by atoms with Gasteiger partial charge in [-0.2, -0.15) is 0 Å². The summed E-state index contributed by atoms with van der Waals surface area (Å²) in [5.74, 6) is 1.09. The summed E-state index contributed by atoms with van der Waals surface area (Å²) >= 11 is 3.60. The topological polar surface area (TPSA) is 118 Å². The average Bonchev–Trinajstić information content (AvgIpc) is 3.21. The van der Waals surface area contributed by atoms with Crippen LogP contribution in [0.1, 0.15) is 153 Å². The van der Waals surface area contributed by atoms with Gasteiger partial charge in [0.25, 0.3) is 23.6 Å². The van der Waals surface area contributed by atoms with Gasteiger partial charge in [-0.05, 0) is 140 Å². The van der Waals surface area contributed by atoms with Crippen LogP contribution in [0.25, 0.3) is 0 Å². The van der Waals surface area contributed by atoms with E-state index in [0.29, 0.717) is 71.2 Å². The fraction of sp³-hybridized carbons (Fsp3) is 0.667. The van der Waals surface area contributed by atoms with Gasteiger partial charge in [0.2, 0.25) is 0 Å². The lowest BCUT2D eigenvalue weighted by Crippen LogP contribution is -2.53. The van der Waals surface area contributed by atoms with Crippen LogP contribution < -0.4 is 19.3 Å². The quantitative estimate of drug-likeness (QED) is 0.172. The zero-order chi connectivity index (χ0) is 44.6. The lowest BCUT2D eigenvalue weighted by Gasteiger charge is -2.40. The molecule has 2 heterocycles. The Morgan fingerprint density at radius 2 is 1.13 bits per heavy atom. The highest BCUT2D eigenvalue weighted by atomic mass is 79.9. The molecule has 0 atom stereocenters. The van der Waals surface area contributed by atoms with Crippen molar-refractivity contribution >= 4 is 50.9 Å². The molecule has 13 heteroatoms. The molecular weight excluding hydrogens is 840 g/mol. The number of carbonyl (C=O) groups is 4. The van der Waals surface area contributed by atoms with Crippen molar-refractivity contribution in [2.45, 2.75) is 168 Å². The van der Waals surface area contributed by atoms with E-state index in [0.717, 1.165) is 44.9 Å². The van der Waals surface area contributed by atoms with Gasteiger partial charge in [-0.1, -0.05) is 38.5 Å². The number of amides is 4. The number of anilines is 2. The lowest BCUT2D eigenvalue weighted by molar-refractivity contribution is -0.133. The highest BCUT2D eigenvalue weighted by Gasteiger charge is 2.43. The predicted molar refractivity (Wildman–Crippen MR) is 244 cm³/mol. The van der Waals surface area contributed by atoms with E-state index in [1.807, 2.05) is 40.1 Å². The third kappa shape index (κ3) is 11.3. The van der Waals surface area contributed by atoms with E-state index in [2.05, 4.69) is 43.6 Å². The van der Waals surface area contributed by atoms with Gasteiger partial charge in [0.1, 0.15) is 11.5 Å². The van der Waals surface area contributed by atoms with E-state index < -0.39 is 11.2 Å². The summed E-state index contributed by atoms with van der Waals surface area (Å²) in [5.41, 5.74) is 0.620. The third-order valence-corrected chi connectivity index (χ3v) is 13.0. The summed E-state index contributed by atoms with van der Waals surface area (Å²) in [4.78, 5) is 60.9. The first-order chi connectivity index (χ1) is 28.9. The number of rotatable bonds is 14. The molecule has 2 aromatic rings. The SMILES string of the molecule is COCCCN1C(=O)C(C)(C)Oc2cc(Br)c(C(=O)N(C(C)C)C3CCCCC3)cc21.COCCCN1C(=O)C(C)(C)Oc2ccc(C(=O)N(C(C)C)C3CCCCC3)cc21. The molecular formula is C48H71BrN4O8. The highest BCUT2D eigenvalue weighted by Crippen LogP contribution is 2.43. The van der Waals surface area contributed by atoms with E-state index in [9.17, 15) is 19.2 Å². The molecule has 0 saturated heterocycles. The molecule has 61 heavy (non-hydrogen) atoms. The minimum absolute atomic E-state index is 0.00528. The molecule has 2 aromatic carbocycles. The van der Waals surface area contributed by atoms with Crippen LogP contribution >= 0.6 is 15.9 Å². The van der Waals surface area contributed by atoms with Gasteiger partial charge in [-0.3, -0.25) is 19.2 Å². The summed E-state index contributed by atoms with van der Waals surface area (Å²) < 4.78 is 23.0. The largest absolute Gasteiger partial charge is 0.476 e. The average molecular weight is 912 g/mol. The molecule has 6 rings (SSSR count). The van der Waals surface area contributed by atoms with Crippen molar-refractivity contribution in [3.05, 3.63) is 45.9 Å². The molecule has 2 aliphatic carbocycles. The maximum atomic E-state index is 13.7. The standard InChI is InChI=1S/C24H35BrN2O4.C24H36N2O4/c1-16(2)27(17-10-7-6-8-11-17)22(28)18-14-20-21(15-19(18)25)31-24(3,4)23(29)26(20)12-9-13-30-5;1-17(2)26(19-10-7-6-8-11-19)22(27)18-12-13-21-20(16-18)25(14-9-15-29-5)23(28)24(3,4)30-21/h14-17H,6-13H2,1-5H3;12-13,16-17,19H,6-11,14-15H2,1-5H3. The number of benzene rings is 2. The predicted octanol–water partition coefficient (Wildman–Crippen LogP) is 9.58. The minimum atomic E-state index is -0.961. The van der Waals surface area contributed by atoms with Crippen molar-refractivity contribution in [3.63, 3.8) is 0 Å². The van der Waals surface area contributed by atoms with Gasteiger partial charge in [0.05, 0.1) is 16.9 Å². The van der Waals surface area contributed by atoms with E-state index >= 15 is 0 Å². The molecule has 0 N–H and O–H groups in total. The number of fused-ring (bicyclic) bond motifs is 2. The Morgan fingerprint density at radius 3 is 1.59 bits per heavy atom. The molecule has 2 aliphatic heterocycles. The Bertz CT molecular complexity index is 1850. The van der Waals surface area contributed by atoms with Crippen molar-refractivity contribution in [3.8, 4) is 11.5 Å². The first-order valence-electron chi connectivity index (χ1n) is 22.6. The maximum Gasteiger partial charge on any atom is 0.270 e. The van der Waals surface area contributed by atoms with Crippen molar-refractivity contribution in [2.75, 3.05) is 50.3 Å². The summed E-state index contributed by atoms with van der Waals surface area (Å²) in [6, 6.07) is 9.93. The first-order valence-corrected chi connectivity index (χ1v) is 23.4. The third-order valence-electron chi connectivity index (χ3n) is 12.3. The van der Waals surface area contributed by atoms with Crippen molar-refractivity contribution in [1.29, 1.82) is 0 Å². The Morgan fingerprint density at radius 1 is 0.689 bits per heavy atom. The van der Waals surface area contributed by atoms with Crippen LogP contribution in [-0.2, 0) is 19.1 Å². The van der Waals surface area contributed by atoms with Crippen LogP contribution in [0.4, 0.5) is 11.4 Å². The van der Waals surface area contributed by atoms with Gasteiger partial charge < -0.3 is 38.5 Å². The number of methoxy groups -OCH3 is 2. The summed E-state index contributed by atoms with van der Waals surface area (Å²) in [6.45, 7) is 17.6. The number of hydrogen-bond donors (Lipinski definition) is 0. The molecule has 338 valence electrons. The molecule has 0 unspecified atom stereocenters. The van der Waals surface area contributed by atoms with Crippen molar-refractivity contribution in [2.24, 2.45) is 0 Å². The second kappa shape index (κ2) is 21.1. The first kappa shape index (κ1) is 48.4. The van der Waals surface area contributed by atoms with Crippen molar-refractivity contribution in [1.82, 2.24) is 9.80 Å². The van der Waals surface area contributed by atoms with E-state index in [1.165, 1.54) is 25.7 Å². The molecule has 12 nitrogen and oxygen atoms in total. The Hall–Kier alpha value is -3.68. The second-order valence-electron chi connectivity index (χ2n) is 18.5. The normalized spacial score (nSPS) is 18.8. The van der Waals surface area contributed by atoms with E-state index in [-0.39, 0.29) is 47.8 Å². The number of halogens is 1. The second-order valence-corrected chi connectivity index (χ2v) is 19.4. The Kier molecular flexibility index (Phi) is 16.7. The molecule has 4 amide bonds. The van der Waals surface area contributed by atoms with Gasteiger partial charge >= 0.3 is 0 Å². The summed E-state index contributed by atoms with van der Waals surface area (Å²) in [5, 5.41) is 0. The highest BCUT2D eigenvalue weighted by molar-refractivity contribution is 9.10. The van der Waals surface area contributed by atoms with Crippen LogP contribution in [-0.4, -0.2) is 109 Å².